The van der Waals surface area contributed by atoms with Gasteiger partial charge in [-0.25, -0.2) is 0 Å². The molecule has 0 saturated heterocycles. The quantitative estimate of drug-likeness (QED) is 0.448. The van der Waals surface area contributed by atoms with Gasteiger partial charge in [-0.3, -0.25) is 4.99 Å². The third-order valence-electron chi connectivity index (χ3n) is 1.01. The van der Waals surface area contributed by atoms with Crippen molar-refractivity contribution >= 4 is 5.71 Å². The Morgan fingerprint density at radius 3 is 3.25 bits per heavy atom. The molecule has 0 unspecified atom stereocenters. The minimum absolute atomic E-state index is 1.01. The number of nitrogens with zero attached hydrogens (tertiary/aromatic N) is 1. The zero-order valence-corrected chi connectivity index (χ0v) is 4.96. The lowest BCUT2D eigenvalue weighted by Gasteiger charge is -1.79. The smallest absolute Gasteiger partial charge is 0.0369 e. The first-order valence-electron chi connectivity index (χ1n) is 2.75. The van der Waals surface area contributed by atoms with E-state index in [2.05, 4.69) is 11.1 Å². The number of hydrogen-bond acceptors (Lipinski definition) is 1. The molecule has 0 radical (unpaired) electrons. The molecule has 0 aromatic rings. The van der Waals surface area contributed by atoms with E-state index in [0.717, 1.165) is 12.1 Å². The Bertz CT molecular complexity index is 152. The van der Waals surface area contributed by atoms with Gasteiger partial charge in [-0.15, -0.1) is 0 Å². The van der Waals surface area contributed by atoms with E-state index in [0.29, 0.717) is 0 Å². The molecule has 42 valence electrons. The SMILES string of the molecule is CC1=NC=CCC=C1. The van der Waals surface area contributed by atoms with Crippen LogP contribution >= 0.6 is 0 Å². The van der Waals surface area contributed by atoms with Crippen LogP contribution in [-0.4, -0.2) is 5.71 Å². The lowest BCUT2D eigenvalue weighted by Crippen LogP contribution is -1.78. The largest absolute Gasteiger partial charge is 0.262 e. The molecule has 1 aliphatic rings. The molecule has 0 bridgehead atoms. The first kappa shape index (κ1) is 5.29. The van der Waals surface area contributed by atoms with Crippen molar-refractivity contribution in [2.24, 2.45) is 4.99 Å². The van der Waals surface area contributed by atoms with Crippen molar-refractivity contribution in [1.82, 2.24) is 0 Å². The lowest BCUT2D eigenvalue weighted by atomic mass is 10.3. The Hall–Kier alpha value is -0.850. The van der Waals surface area contributed by atoms with Crippen molar-refractivity contribution in [2.75, 3.05) is 0 Å². The van der Waals surface area contributed by atoms with Crippen LogP contribution in [0.4, 0.5) is 0 Å². The Balaban J connectivity index is 2.73. The molecule has 0 spiro atoms. The summed E-state index contributed by atoms with van der Waals surface area (Å²) in [5.74, 6) is 0. The first-order valence-corrected chi connectivity index (χ1v) is 2.75. The summed E-state index contributed by atoms with van der Waals surface area (Å²) in [7, 11) is 0. The van der Waals surface area contributed by atoms with E-state index >= 15 is 0 Å². The molecule has 0 aromatic heterocycles. The minimum Gasteiger partial charge on any atom is -0.262 e. The molecule has 1 heterocycles. The average molecular weight is 107 g/mol. The molecule has 1 aliphatic heterocycles. The monoisotopic (exact) mass is 107 g/mol. The van der Waals surface area contributed by atoms with Gasteiger partial charge in [0.25, 0.3) is 0 Å². The summed E-state index contributed by atoms with van der Waals surface area (Å²) in [6, 6.07) is 0. The summed E-state index contributed by atoms with van der Waals surface area (Å²) >= 11 is 0. The summed E-state index contributed by atoms with van der Waals surface area (Å²) in [6.45, 7) is 1.99. The highest BCUT2D eigenvalue weighted by molar-refractivity contribution is 5.93. The zero-order chi connectivity index (χ0) is 5.82. The predicted molar refractivity (Wildman–Crippen MR) is 36.0 cm³/mol. The van der Waals surface area contributed by atoms with E-state index in [1.54, 1.807) is 0 Å². The van der Waals surface area contributed by atoms with Crippen LogP contribution in [0.15, 0.2) is 29.4 Å². The third-order valence-corrected chi connectivity index (χ3v) is 1.01. The summed E-state index contributed by atoms with van der Waals surface area (Å²) < 4.78 is 0. The molecular weight excluding hydrogens is 98.1 g/mol. The summed E-state index contributed by atoms with van der Waals surface area (Å²) in [4.78, 5) is 4.07. The standard InChI is InChI=1S/C7H9N/c1-7-5-3-2-4-6-8-7/h3-6H,2H2,1H3. The van der Waals surface area contributed by atoms with Crippen molar-refractivity contribution in [3.05, 3.63) is 24.4 Å². The van der Waals surface area contributed by atoms with Gasteiger partial charge in [0.15, 0.2) is 0 Å². The molecule has 1 rings (SSSR count). The van der Waals surface area contributed by atoms with Crippen LogP contribution < -0.4 is 0 Å². The normalized spacial score (nSPS) is 17.9. The fourth-order valence-electron chi connectivity index (χ4n) is 0.591. The molecule has 0 saturated carbocycles. The van der Waals surface area contributed by atoms with E-state index in [-0.39, 0.29) is 0 Å². The van der Waals surface area contributed by atoms with Crippen molar-refractivity contribution in [1.29, 1.82) is 0 Å². The average Bonchev–Trinajstić information content (AvgIpc) is 1.94. The van der Waals surface area contributed by atoms with Gasteiger partial charge in [-0.05, 0) is 19.4 Å². The fraction of sp³-hybridized carbons (Fsp3) is 0.286. The van der Waals surface area contributed by atoms with E-state index < -0.39 is 0 Å². The van der Waals surface area contributed by atoms with Gasteiger partial charge >= 0.3 is 0 Å². The maximum absolute atomic E-state index is 4.07. The van der Waals surface area contributed by atoms with Gasteiger partial charge in [0, 0.05) is 11.9 Å². The number of allylic oxidation sites excluding steroid dienone is 3. The van der Waals surface area contributed by atoms with E-state index in [1.807, 2.05) is 25.3 Å². The molecule has 8 heavy (non-hydrogen) atoms. The zero-order valence-electron chi connectivity index (χ0n) is 4.96. The van der Waals surface area contributed by atoms with E-state index in [4.69, 9.17) is 0 Å². The summed E-state index contributed by atoms with van der Waals surface area (Å²) in [6.07, 6.45) is 9.02. The molecule has 0 atom stereocenters. The maximum atomic E-state index is 4.07. The first-order chi connectivity index (χ1) is 3.89. The van der Waals surface area contributed by atoms with Crippen LogP contribution in [-0.2, 0) is 0 Å². The second-order valence-electron chi connectivity index (χ2n) is 1.79. The van der Waals surface area contributed by atoms with E-state index in [9.17, 15) is 0 Å². The van der Waals surface area contributed by atoms with Gasteiger partial charge in [0.2, 0.25) is 0 Å². The van der Waals surface area contributed by atoms with Crippen LogP contribution in [0.3, 0.4) is 0 Å². The summed E-state index contributed by atoms with van der Waals surface area (Å²) in [5, 5.41) is 0. The van der Waals surface area contributed by atoms with Crippen molar-refractivity contribution in [3.8, 4) is 0 Å². The second kappa shape index (κ2) is 2.46. The van der Waals surface area contributed by atoms with E-state index in [1.165, 1.54) is 0 Å². The van der Waals surface area contributed by atoms with Crippen LogP contribution in [0.2, 0.25) is 0 Å². The number of hydrogen-bond donors (Lipinski definition) is 0. The summed E-state index contributed by atoms with van der Waals surface area (Å²) in [5.41, 5.74) is 1.08. The Morgan fingerprint density at radius 2 is 2.38 bits per heavy atom. The van der Waals surface area contributed by atoms with Crippen molar-refractivity contribution < 1.29 is 0 Å². The minimum atomic E-state index is 1.01. The Labute approximate surface area is 49.4 Å². The number of aliphatic imine (C=N–C) groups is 1. The van der Waals surface area contributed by atoms with Crippen LogP contribution in [0.5, 0.6) is 0 Å². The molecule has 0 N–H and O–H groups in total. The molecule has 0 fully saturated rings. The number of rotatable bonds is 0. The predicted octanol–water partition coefficient (Wildman–Crippen LogP) is 1.92. The molecule has 0 amide bonds. The highest BCUT2D eigenvalue weighted by atomic mass is 14.7. The van der Waals surface area contributed by atoms with Gasteiger partial charge < -0.3 is 0 Å². The molecule has 0 aromatic carbocycles. The fourth-order valence-corrected chi connectivity index (χ4v) is 0.591. The second-order valence-corrected chi connectivity index (χ2v) is 1.79. The topological polar surface area (TPSA) is 12.4 Å². The van der Waals surface area contributed by atoms with Crippen molar-refractivity contribution in [3.63, 3.8) is 0 Å². The molecule has 1 heteroatoms. The Kier molecular flexibility index (Phi) is 1.62. The highest BCUT2D eigenvalue weighted by Gasteiger charge is 1.81. The third kappa shape index (κ3) is 1.34. The van der Waals surface area contributed by atoms with Gasteiger partial charge in [0.05, 0.1) is 0 Å². The van der Waals surface area contributed by atoms with Gasteiger partial charge in [-0.2, -0.15) is 0 Å². The molecule has 0 aliphatic carbocycles. The highest BCUT2D eigenvalue weighted by Crippen LogP contribution is 1.93. The lowest BCUT2D eigenvalue weighted by molar-refractivity contribution is 1.38. The van der Waals surface area contributed by atoms with Crippen LogP contribution in [0.1, 0.15) is 13.3 Å². The molecular formula is C7H9N. The van der Waals surface area contributed by atoms with Crippen LogP contribution in [0.25, 0.3) is 0 Å². The van der Waals surface area contributed by atoms with Gasteiger partial charge in [0.1, 0.15) is 0 Å². The maximum Gasteiger partial charge on any atom is 0.0369 e. The Morgan fingerprint density at radius 1 is 1.50 bits per heavy atom. The van der Waals surface area contributed by atoms with Crippen LogP contribution in [0, 0.1) is 0 Å². The van der Waals surface area contributed by atoms with Gasteiger partial charge in [-0.1, -0.05) is 12.2 Å². The van der Waals surface area contributed by atoms with Crippen molar-refractivity contribution in [2.45, 2.75) is 13.3 Å². The molecule has 1 nitrogen and oxygen atoms in total.